The van der Waals surface area contributed by atoms with Crippen LogP contribution in [-0.4, -0.2) is 18.3 Å². The molecule has 11 heavy (non-hydrogen) atoms. The lowest BCUT2D eigenvalue weighted by Crippen LogP contribution is -2.00. The Kier molecular flexibility index (Phi) is 8.72. The van der Waals surface area contributed by atoms with Crippen molar-refractivity contribution in [3.63, 3.8) is 0 Å². The van der Waals surface area contributed by atoms with Crippen LogP contribution in [0.5, 0.6) is 0 Å². The van der Waals surface area contributed by atoms with Crippen molar-refractivity contribution in [2.24, 2.45) is 0 Å². The summed E-state index contributed by atoms with van der Waals surface area (Å²) < 4.78 is 0. The molecule has 0 rings (SSSR count). The molecular formula is C10H23S+. The van der Waals surface area contributed by atoms with E-state index < -0.39 is 0 Å². The molecule has 0 atom stereocenters. The molecule has 0 aromatic rings. The van der Waals surface area contributed by atoms with Crippen LogP contribution in [0.1, 0.15) is 45.4 Å². The average molecular weight is 175 g/mol. The monoisotopic (exact) mass is 175 g/mol. The van der Waals surface area contributed by atoms with Gasteiger partial charge in [-0.25, -0.2) is 0 Å². The molecule has 0 saturated carbocycles. The Bertz CT molecular complexity index is 69.3. The predicted octanol–water partition coefficient (Wildman–Crippen LogP) is 3.22. The topological polar surface area (TPSA) is 0 Å². The second kappa shape index (κ2) is 8.45. The van der Waals surface area contributed by atoms with Crippen LogP contribution in [0, 0.1) is 0 Å². The maximum absolute atomic E-state index is 2.34. The first kappa shape index (κ1) is 11.4. The minimum absolute atomic E-state index is 0.677. The summed E-state index contributed by atoms with van der Waals surface area (Å²) in [6, 6.07) is 0. The van der Waals surface area contributed by atoms with Gasteiger partial charge in [0.1, 0.15) is 5.75 Å². The zero-order valence-electron chi connectivity index (χ0n) is 8.36. The highest BCUT2D eigenvalue weighted by molar-refractivity contribution is 7.95. The zero-order chi connectivity index (χ0) is 8.53. The van der Waals surface area contributed by atoms with Crippen molar-refractivity contribution in [3.05, 3.63) is 0 Å². The van der Waals surface area contributed by atoms with Crippen molar-refractivity contribution >= 4 is 10.9 Å². The van der Waals surface area contributed by atoms with Gasteiger partial charge in [0.05, 0.1) is 12.5 Å². The smallest absolute Gasteiger partial charge is 0.0654 e. The molecule has 0 spiro atoms. The lowest BCUT2D eigenvalue weighted by molar-refractivity contribution is 0.626. The standard InChI is InChI=1S/C10H23S/c1-4-5-6-7-8-9-10-11(2)3/h4-10H2,1-3H3/q+1. The minimum atomic E-state index is 0.677. The molecule has 0 aliphatic carbocycles. The maximum atomic E-state index is 2.34. The quantitative estimate of drug-likeness (QED) is 0.412. The van der Waals surface area contributed by atoms with Crippen LogP contribution >= 0.6 is 0 Å². The molecule has 0 aromatic heterocycles. The van der Waals surface area contributed by atoms with Gasteiger partial charge in [0.25, 0.3) is 0 Å². The summed E-state index contributed by atoms with van der Waals surface area (Å²) in [6.07, 6.45) is 13.3. The Morgan fingerprint density at radius 3 is 1.91 bits per heavy atom. The molecule has 0 aromatic carbocycles. The summed E-state index contributed by atoms with van der Waals surface area (Å²) in [5.74, 6) is 1.45. The SMILES string of the molecule is CCCCCCCC[S+](C)C. The van der Waals surface area contributed by atoms with E-state index >= 15 is 0 Å². The Morgan fingerprint density at radius 2 is 1.36 bits per heavy atom. The normalized spacial score (nSPS) is 10.9. The molecular weight excluding hydrogens is 152 g/mol. The summed E-state index contributed by atoms with van der Waals surface area (Å²) in [5, 5.41) is 0. The van der Waals surface area contributed by atoms with Crippen molar-refractivity contribution in [1.82, 2.24) is 0 Å². The van der Waals surface area contributed by atoms with E-state index in [1.54, 1.807) is 0 Å². The van der Waals surface area contributed by atoms with Gasteiger partial charge in [0.15, 0.2) is 0 Å². The largest absolute Gasteiger partial charge is 0.107 e. The van der Waals surface area contributed by atoms with Gasteiger partial charge in [-0.2, -0.15) is 0 Å². The molecule has 0 nitrogen and oxygen atoms in total. The fourth-order valence-corrected chi connectivity index (χ4v) is 1.95. The maximum Gasteiger partial charge on any atom is 0.107 e. The van der Waals surface area contributed by atoms with E-state index in [9.17, 15) is 0 Å². The first-order valence-corrected chi connectivity index (χ1v) is 7.02. The van der Waals surface area contributed by atoms with E-state index in [-0.39, 0.29) is 0 Å². The highest BCUT2D eigenvalue weighted by Gasteiger charge is 1.99. The highest BCUT2D eigenvalue weighted by Crippen LogP contribution is 2.05. The number of hydrogen-bond donors (Lipinski definition) is 0. The third-order valence-electron chi connectivity index (χ3n) is 1.91. The van der Waals surface area contributed by atoms with Crippen LogP contribution in [-0.2, 0) is 10.9 Å². The second-order valence-electron chi connectivity index (χ2n) is 3.46. The fourth-order valence-electron chi connectivity index (χ4n) is 1.17. The van der Waals surface area contributed by atoms with Gasteiger partial charge < -0.3 is 0 Å². The van der Waals surface area contributed by atoms with E-state index in [1.165, 1.54) is 44.3 Å². The highest BCUT2D eigenvalue weighted by atomic mass is 32.2. The van der Waals surface area contributed by atoms with Crippen LogP contribution in [0.4, 0.5) is 0 Å². The molecule has 68 valence electrons. The van der Waals surface area contributed by atoms with Crippen LogP contribution in [0.2, 0.25) is 0 Å². The molecule has 1 heteroatoms. The average Bonchev–Trinajstić information content (AvgIpc) is 1.96. The third-order valence-corrected chi connectivity index (χ3v) is 3.01. The van der Waals surface area contributed by atoms with Crippen LogP contribution in [0.15, 0.2) is 0 Å². The lowest BCUT2D eigenvalue weighted by atomic mass is 10.1. The van der Waals surface area contributed by atoms with E-state index in [0.29, 0.717) is 10.9 Å². The Labute approximate surface area is 75.1 Å². The van der Waals surface area contributed by atoms with Crippen LogP contribution < -0.4 is 0 Å². The molecule has 0 N–H and O–H groups in total. The van der Waals surface area contributed by atoms with Gasteiger partial charge in [0.2, 0.25) is 0 Å². The van der Waals surface area contributed by atoms with E-state index in [2.05, 4.69) is 19.4 Å². The van der Waals surface area contributed by atoms with E-state index in [1.807, 2.05) is 0 Å². The van der Waals surface area contributed by atoms with Gasteiger partial charge in [0, 0.05) is 0 Å². The molecule has 0 radical (unpaired) electrons. The van der Waals surface area contributed by atoms with Gasteiger partial charge in [-0.05, 0) is 23.7 Å². The van der Waals surface area contributed by atoms with Gasteiger partial charge in [-0.1, -0.05) is 32.6 Å². The van der Waals surface area contributed by atoms with E-state index in [4.69, 9.17) is 0 Å². The first-order chi connectivity index (χ1) is 5.27. The lowest BCUT2D eigenvalue weighted by Gasteiger charge is -1.98. The summed E-state index contributed by atoms with van der Waals surface area (Å²) in [4.78, 5) is 0. The molecule has 0 aliphatic rings. The Hall–Kier alpha value is 0.350. The summed E-state index contributed by atoms with van der Waals surface area (Å²) in [6.45, 7) is 2.27. The molecule has 0 unspecified atom stereocenters. The predicted molar refractivity (Wildman–Crippen MR) is 57.5 cm³/mol. The van der Waals surface area contributed by atoms with Crippen molar-refractivity contribution in [2.75, 3.05) is 18.3 Å². The van der Waals surface area contributed by atoms with Crippen LogP contribution in [0.3, 0.4) is 0 Å². The Morgan fingerprint density at radius 1 is 0.818 bits per heavy atom. The molecule has 0 amide bonds. The molecule has 0 heterocycles. The molecule has 0 fully saturated rings. The van der Waals surface area contributed by atoms with Crippen molar-refractivity contribution in [3.8, 4) is 0 Å². The third kappa shape index (κ3) is 10.4. The summed E-state index contributed by atoms with van der Waals surface area (Å²) in [5.41, 5.74) is 0. The molecule has 0 bridgehead atoms. The number of unbranched alkanes of at least 4 members (excludes halogenated alkanes) is 5. The number of hydrogen-bond acceptors (Lipinski definition) is 0. The molecule has 0 saturated heterocycles. The fraction of sp³-hybridized carbons (Fsp3) is 1.00. The van der Waals surface area contributed by atoms with Crippen LogP contribution in [0.25, 0.3) is 0 Å². The van der Waals surface area contributed by atoms with Gasteiger partial charge in [-0.3, -0.25) is 0 Å². The van der Waals surface area contributed by atoms with Crippen molar-refractivity contribution < 1.29 is 0 Å². The van der Waals surface area contributed by atoms with Crippen molar-refractivity contribution in [2.45, 2.75) is 45.4 Å². The second-order valence-corrected chi connectivity index (χ2v) is 5.84. The molecule has 0 aliphatic heterocycles. The zero-order valence-corrected chi connectivity index (χ0v) is 9.17. The Balaban J connectivity index is 2.80. The summed E-state index contributed by atoms with van der Waals surface area (Å²) in [7, 11) is 0.677. The van der Waals surface area contributed by atoms with E-state index in [0.717, 1.165) is 0 Å². The van der Waals surface area contributed by atoms with Crippen molar-refractivity contribution in [1.29, 1.82) is 0 Å². The first-order valence-electron chi connectivity index (χ1n) is 4.81. The van der Waals surface area contributed by atoms with Gasteiger partial charge in [-0.15, -0.1) is 0 Å². The minimum Gasteiger partial charge on any atom is -0.0654 e. The summed E-state index contributed by atoms with van der Waals surface area (Å²) >= 11 is 0. The van der Waals surface area contributed by atoms with Gasteiger partial charge >= 0.3 is 0 Å². The number of rotatable bonds is 7.